The van der Waals surface area contributed by atoms with Gasteiger partial charge in [0, 0.05) is 19.2 Å². The molecule has 1 aromatic rings. The number of pyridine rings is 1. The van der Waals surface area contributed by atoms with Crippen LogP contribution in [0.2, 0.25) is 0 Å². The van der Waals surface area contributed by atoms with Crippen molar-refractivity contribution < 1.29 is 14.3 Å². The van der Waals surface area contributed by atoms with Crippen LogP contribution in [0.4, 0.5) is 0 Å². The number of hydrogen-bond donors (Lipinski definition) is 2. The summed E-state index contributed by atoms with van der Waals surface area (Å²) < 4.78 is 5.59. The van der Waals surface area contributed by atoms with Crippen LogP contribution in [0.3, 0.4) is 0 Å². The summed E-state index contributed by atoms with van der Waals surface area (Å²) in [7, 11) is 0. The third-order valence-electron chi connectivity index (χ3n) is 2.38. The first-order valence-electron chi connectivity index (χ1n) is 5.80. The van der Waals surface area contributed by atoms with E-state index in [4.69, 9.17) is 10.5 Å². The van der Waals surface area contributed by atoms with E-state index in [2.05, 4.69) is 26.2 Å². The molecule has 0 aromatic carbocycles. The van der Waals surface area contributed by atoms with Gasteiger partial charge in [-0.1, -0.05) is 6.07 Å². The van der Waals surface area contributed by atoms with Crippen molar-refractivity contribution in [2.24, 2.45) is 5.73 Å². The average molecular weight is 330 g/mol. The van der Waals surface area contributed by atoms with Gasteiger partial charge in [-0.3, -0.25) is 9.59 Å². The summed E-state index contributed by atoms with van der Waals surface area (Å²) >= 11 is 3.28. The van der Waals surface area contributed by atoms with Crippen LogP contribution >= 0.6 is 15.9 Å². The molecule has 2 amide bonds. The van der Waals surface area contributed by atoms with E-state index in [9.17, 15) is 9.59 Å². The van der Waals surface area contributed by atoms with Gasteiger partial charge in [0.05, 0.1) is 0 Å². The fraction of sp³-hybridized carbons (Fsp3) is 0.417. The van der Waals surface area contributed by atoms with Gasteiger partial charge in [-0.05, 0) is 34.5 Å². The van der Waals surface area contributed by atoms with Crippen molar-refractivity contribution in [1.82, 2.24) is 10.3 Å². The number of aromatic nitrogens is 1. The molecule has 0 fully saturated rings. The largest absolute Gasteiger partial charge is 0.372 e. The number of primary amides is 1. The molecule has 19 heavy (non-hydrogen) atoms. The molecule has 0 unspecified atom stereocenters. The fourth-order valence-corrected chi connectivity index (χ4v) is 1.86. The third-order valence-corrected chi connectivity index (χ3v) is 3.09. The lowest BCUT2D eigenvalue weighted by Gasteiger charge is -2.16. The molecule has 0 bridgehead atoms. The standard InChI is InChI=1S/C12H16BrN3O3/c1-2-19-7-10(17)16-9(12(14)18)6-8-4-3-5-15-11(8)13/h3-5,9H,2,6-7H2,1H3,(H2,14,18)(H,16,17)/t9-/m0/s1. The number of amides is 2. The van der Waals surface area contributed by atoms with E-state index in [0.29, 0.717) is 11.2 Å². The van der Waals surface area contributed by atoms with Crippen molar-refractivity contribution in [1.29, 1.82) is 0 Å². The molecule has 0 aliphatic heterocycles. The van der Waals surface area contributed by atoms with Crippen LogP contribution in [0.1, 0.15) is 12.5 Å². The normalized spacial score (nSPS) is 11.9. The number of rotatable bonds is 7. The van der Waals surface area contributed by atoms with Crippen molar-refractivity contribution in [2.75, 3.05) is 13.2 Å². The SMILES string of the molecule is CCOCC(=O)N[C@@H](Cc1cccnc1Br)C(N)=O. The predicted octanol–water partition coefficient (Wildman–Crippen LogP) is 0.393. The molecule has 1 atom stereocenters. The lowest BCUT2D eigenvalue weighted by atomic mass is 10.1. The van der Waals surface area contributed by atoms with Crippen LogP contribution in [-0.4, -0.2) is 36.1 Å². The highest BCUT2D eigenvalue weighted by Crippen LogP contribution is 2.14. The first kappa shape index (κ1) is 15.6. The van der Waals surface area contributed by atoms with Gasteiger partial charge in [0.2, 0.25) is 11.8 Å². The molecule has 104 valence electrons. The number of ether oxygens (including phenoxy) is 1. The van der Waals surface area contributed by atoms with Crippen molar-refractivity contribution in [3.63, 3.8) is 0 Å². The molecule has 0 saturated carbocycles. The zero-order valence-electron chi connectivity index (χ0n) is 10.6. The first-order valence-corrected chi connectivity index (χ1v) is 6.59. The smallest absolute Gasteiger partial charge is 0.246 e. The van der Waals surface area contributed by atoms with E-state index < -0.39 is 11.9 Å². The Labute approximate surface area is 119 Å². The topological polar surface area (TPSA) is 94.3 Å². The molecular formula is C12H16BrN3O3. The summed E-state index contributed by atoms with van der Waals surface area (Å²) in [6.45, 7) is 2.13. The highest BCUT2D eigenvalue weighted by atomic mass is 79.9. The number of hydrogen-bond acceptors (Lipinski definition) is 4. The molecule has 0 aliphatic rings. The van der Waals surface area contributed by atoms with Gasteiger partial charge in [-0.15, -0.1) is 0 Å². The van der Waals surface area contributed by atoms with E-state index in [0.717, 1.165) is 5.56 Å². The van der Waals surface area contributed by atoms with Gasteiger partial charge < -0.3 is 15.8 Å². The van der Waals surface area contributed by atoms with E-state index >= 15 is 0 Å². The lowest BCUT2D eigenvalue weighted by Crippen LogP contribution is -2.47. The highest BCUT2D eigenvalue weighted by molar-refractivity contribution is 9.10. The molecule has 3 N–H and O–H groups in total. The van der Waals surface area contributed by atoms with Crippen LogP contribution in [0.15, 0.2) is 22.9 Å². The lowest BCUT2D eigenvalue weighted by molar-refractivity contribution is -0.130. The molecular weight excluding hydrogens is 314 g/mol. The Balaban J connectivity index is 2.66. The average Bonchev–Trinajstić information content (AvgIpc) is 2.38. The van der Waals surface area contributed by atoms with Crippen molar-refractivity contribution >= 4 is 27.7 Å². The number of halogens is 1. The molecule has 0 spiro atoms. The highest BCUT2D eigenvalue weighted by Gasteiger charge is 2.19. The maximum atomic E-state index is 11.5. The molecule has 6 nitrogen and oxygen atoms in total. The Morgan fingerprint density at radius 2 is 2.32 bits per heavy atom. The number of carbonyl (C=O) groups excluding carboxylic acids is 2. The van der Waals surface area contributed by atoms with E-state index in [1.165, 1.54) is 0 Å². The maximum absolute atomic E-state index is 11.5. The Bertz CT molecular complexity index is 454. The predicted molar refractivity (Wildman–Crippen MR) is 73.3 cm³/mol. The van der Waals surface area contributed by atoms with E-state index in [-0.39, 0.29) is 18.9 Å². The van der Waals surface area contributed by atoms with Crippen molar-refractivity contribution in [3.05, 3.63) is 28.5 Å². The van der Waals surface area contributed by atoms with Crippen LogP contribution < -0.4 is 11.1 Å². The molecule has 7 heteroatoms. The van der Waals surface area contributed by atoms with Gasteiger partial charge in [-0.25, -0.2) is 4.98 Å². The van der Waals surface area contributed by atoms with Gasteiger partial charge >= 0.3 is 0 Å². The summed E-state index contributed by atoms with van der Waals surface area (Å²) in [4.78, 5) is 26.9. The minimum Gasteiger partial charge on any atom is -0.372 e. The Morgan fingerprint density at radius 1 is 1.58 bits per heavy atom. The summed E-state index contributed by atoms with van der Waals surface area (Å²) in [6, 6.07) is 2.77. The summed E-state index contributed by atoms with van der Waals surface area (Å²) in [6.07, 6.45) is 1.90. The minimum atomic E-state index is -0.784. The molecule has 1 rings (SSSR count). The minimum absolute atomic E-state index is 0.0888. The maximum Gasteiger partial charge on any atom is 0.246 e. The monoisotopic (exact) mass is 329 g/mol. The quantitative estimate of drug-likeness (QED) is 0.707. The van der Waals surface area contributed by atoms with E-state index in [1.807, 2.05) is 6.07 Å². The molecule has 0 radical (unpaired) electrons. The van der Waals surface area contributed by atoms with Gasteiger partial charge in [0.15, 0.2) is 0 Å². The number of nitrogens with two attached hydrogens (primary N) is 1. The Hall–Kier alpha value is -1.47. The Morgan fingerprint density at radius 3 is 2.89 bits per heavy atom. The van der Waals surface area contributed by atoms with Gasteiger partial charge in [-0.2, -0.15) is 0 Å². The molecule has 0 saturated heterocycles. The number of nitrogens with zero attached hydrogens (tertiary/aromatic N) is 1. The second kappa shape index (κ2) is 7.85. The first-order chi connectivity index (χ1) is 9.04. The summed E-state index contributed by atoms with van der Waals surface area (Å²) in [5, 5.41) is 2.54. The zero-order valence-corrected chi connectivity index (χ0v) is 12.1. The number of carbonyl (C=O) groups is 2. The van der Waals surface area contributed by atoms with Crippen LogP contribution in [0.25, 0.3) is 0 Å². The van der Waals surface area contributed by atoms with Gasteiger partial charge in [0.1, 0.15) is 17.3 Å². The Kier molecular flexibility index (Phi) is 6.44. The molecule has 1 aromatic heterocycles. The second-order valence-corrected chi connectivity index (χ2v) is 4.57. The van der Waals surface area contributed by atoms with Crippen LogP contribution in [0.5, 0.6) is 0 Å². The van der Waals surface area contributed by atoms with Gasteiger partial charge in [0.25, 0.3) is 0 Å². The second-order valence-electron chi connectivity index (χ2n) is 3.82. The van der Waals surface area contributed by atoms with Crippen LogP contribution in [-0.2, 0) is 20.7 Å². The zero-order chi connectivity index (χ0) is 14.3. The third kappa shape index (κ3) is 5.35. The number of nitrogens with one attached hydrogen (secondary N) is 1. The van der Waals surface area contributed by atoms with E-state index in [1.54, 1.807) is 19.2 Å². The summed E-state index contributed by atoms with van der Waals surface area (Å²) in [5.74, 6) is -0.966. The fourth-order valence-electron chi connectivity index (χ4n) is 1.45. The summed E-state index contributed by atoms with van der Waals surface area (Å²) in [5.41, 5.74) is 6.08. The molecule has 0 aliphatic carbocycles. The molecule has 1 heterocycles. The van der Waals surface area contributed by atoms with Crippen molar-refractivity contribution in [2.45, 2.75) is 19.4 Å². The van der Waals surface area contributed by atoms with Crippen molar-refractivity contribution in [3.8, 4) is 0 Å². The van der Waals surface area contributed by atoms with Crippen LogP contribution in [0, 0.1) is 0 Å².